The Bertz CT molecular complexity index is 899. The van der Waals surface area contributed by atoms with Crippen LogP contribution in [0, 0.1) is 15.9 Å². The van der Waals surface area contributed by atoms with Crippen molar-refractivity contribution < 1.29 is 36.8 Å². The maximum absolute atomic E-state index is 13.6. The fourth-order valence-corrected chi connectivity index (χ4v) is 1.96. The van der Waals surface area contributed by atoms with Gasteiger partial charge in [0, 0.05) is 17.2 Å². The number of nitrogens with two attached hydrogens (primary N) is 1. The molecule has 0 saturated carbocycles. The Balaban J connectivity index is 2.18. The molecule has 0 aliphatic heterocycles. The van der Waals surface area contributed by atoms with E-state index in [-0.39, 0.29) is 10.6 Å². The molecule has 0 saturated heterocycles. The number of nitro benzene ring substituents is 1. The first kappa shape index (κ1) is 19.8. The summed E-state index contributed by atoms with van der Waals surface area (Å²) in [5.41, 5.74) is -1.56. The monoisotopic (exact) mass is 387 g/mol. The van der Waals surface area contributed by atoms with Gasteiger partial charge >= 0.3 is 12.0 Å². The molecule has 0 heterocycles. The minimum absolute atomic E-state index is 0.0974. The molecule has 142 valence electrons. The van der Waals surface area contributed by atoms with Gasteiger partial charge in [-0.25, -0.2) is 10.9 Å². The Hall–Kier alpha value is -3.54. The van der Waals surface area contributed by atoms with Crippen molar-refractivity contribution in [3.63, 3.8) is 0 Å². The first-order valence-corrected chi connectivity index (χ1v) is 6.93. The van der Waals surface area contributed by atoms with E-state index < -0.39 is 45.9 Å². The van der Waals surface area contributed by atoms with Crippen molar-refractivity contribution in [1.82, 2.24) is 5.01 Å². The van der Waals surface area contributed by atoms with E-state index in [0.29, 0.717) is 6.07 Å². The third-order valence-corrected chi connectivity index (χ3v) is 3.16. The zero-order valence-corrected chi connectivity index (χ0v) is 13.1. The molecular formula is C15H9F4N3O5. The summed E-state index contributed by atoms with van der Waals surface area (Å²) in [6, 6.07) is 5.71. The van der Waals surface area contributed by atoms with Gasteiger partial charge in [0.1, 0.15) is 5.75 Å². The summed E-state index contributed by atoms with van der Waals surface area (Å²) >= 11 is 0. The number of hydrogen-bond acceptors (Lipinski definition) is 6. The van der Waals surface area contributed by atoms with Gasteiger partial charge in [0.05, 0.1) is 4.92 Å². The molecule has 2 N–H and O–H groups in total. The summed E-state index contributed by atoms with van der Waals surface area (Å²) < 4.78 is 53.5. The van der Waals surface area contributed by atoms with Crippen LogP contribution in [0.15, 0.2) is 42.5 Å². The molecule has 0 aromatic heterocycles. The van der Waals surface area contributed by atoms with Crippen LogP contribution in [0.5, 0.6) is 5.75 Å². The standard InChI is InChI=1S/C15H9F4N3O5/c16-11-7-9(3-6-12(11)22(25)26)14(24)21(20)13(23)8-1-4-10(5-2-8)27-15(17,18)19/h1-7H,20H2. The number of hydrazine groups is 1. The van der Waals surface area contributed by atoms with Gasteiger partial charge in [-0.15, -0.1) is 13.2 Å². The minimum atomic E-state index is -4.92. The van der Waals surface area contributed by atoms with E-state index in [1.54, 1.807) is 0 Å². The van der Waals surface area contributed by atoms with Crippen molar-refractivity contribution >= 4 is 17.5 Å². The Kier molecular flexibility index (Phi) is 5.40. The molecule has 0 atom stereocenters. The van der Waals surface area contributed by atoms with Crippen LogP contribution < -0.4 is 10.6 Å². The third kappa shape index (κ3) is 4.76. The lowest BCUT2D eigenvalue weighted by Gasteiger charge is -2.15. The molecule has 27 heavy (non-hydrogen) atoms. The van der Waals surface area contributed by atoms with Crippen LogP contribution in [-0.2, 0) is 0 Å². The Morgan fingerprint density at radius 2 is 1.56 bits per heavy atom. The molecular weight excluding hydrogens is 378 g/mol. The van der Waals surface area contributed by atoms with Gasteiger partial charge in [-0.3, -0.25) is 19.7 Å². The summed E-state index contributed by atoms with van der Waals surface area (Å²) in [7, 11) is 0. The number of nitrogens with zero attached hydrogens (tertiary/aromatic N) is 2. The molecule has 2 amide bonds. The number of halogens is 4. The molecule has 0 fully saturated rings. The predicted molar refractivity (Wildman–Crippen MR) is 80.9 cm³/mol. The second-order valence-electron chi connectivity index (χ2n) is 4.98. The Morgan fingerprint density at radius 1 is 1.04 bits per heavy atom. The number of ether oxygens (including phenoxy) is 1. The average Bonchev–Trinajstić information content (AvgIpc) is 2.58. The van der Waals surface area contributed by atoms with Gasteiger partial charge < -0.3 is 4.74 Å². The molecule has 0 radical (unpaired) electrons. The first-order chi connectivity index (χ1) is 12.5. The molecule has 0 spiro atoms. The topological polar surface area (TPSA) is 116 Å². The summed E-state index contributed by atoms with van der Waals surface area (Å²) in [4.78, 5) is 33.8. The van der Waals surface area contributed by atoms with Crippen molar-refractivity contribution in [3.05, 3.63) is 69.5 Å². The number of carbonyl (C=O) groups excluding carboxylic acids is 2. The van der Waals surface area contributed by atoms with Crippen molar-refractivity contribution in [2.24, 2.45) is 5.84 Å². The number of rotatable bonds is 4. The molecule has 2 rings (SSSR count). The van der Waals surface area contributed by atoms with Crippen molar-refractivity contribution in [3.8, 4) is 5.75 Å². The van der Waals surface area contributed by atoms with Gasteiger partial charge in [-0.05, 0) is 36.4 Å². The van der Waals surface area contributed by atoms with Gasteiger partial charge in [0.2, 0.25) is 5.82 Å². The van der Waals surface area contributed by atoms with Gasteiger partial charge in [0.25, 0.3) is 11.8 Å². The largest absolute Gasteiger partial charge is 0.573 e. The molecule has 0 aliphatic carbocycles. The number of hydrogen-bond donors (Lipinski definition) is 1. The summed E-state index contributed by atoms with van der Waals surface area (Å²) in [5.74, 6) is 1.21. The maximum atomic E-state index is 13.6. The smallest absolute Gasteiger partial charge is 0.406 e. The second kappa shape index (κ2) is 7.37. The highest BCUT2D eigenvalue weighted by atomic mass is 19.4. The van der Waals surface area contributed by atoms with Crippen LogP contribution in [0.3, 0.4) is 0 Å². The number of nitro groups is 1. The molecule has 0 aliphatic rings. The van der Waals surface area contributed by atoms with Crippen molar-refractivity contribution in [2.45, 2.75) is 6.36 Å². The van der Waals surface area contributed by atoms with Crippen LogP contribution >= 0.6 is 0 Å². The number of benzene rings is 2. The van der Waals surface area contributed by atoms with E-state index >= 15 is 0 Å². The number of carbonyl (C=O) groups is 2. The molecule has 0 bridgehead atoms. The van der Waals surface area contributed by atoms with E-state index in [1.165, 1.54) is 0 Å². The number of imide groups is 1. The lowest BCUT2D eigenvalue weighted by Crippen LogP contribution is -2.42. The van der Waals surface area contributed by atoms with Crippen LogP contribution in [-0.4, -0.2) is 28.1 Å². The summed E-state index contributed by atoms with van der Waals surface area (Å²) in [6.07, 6.45) is -4.92. The molecule has 12 heteroatoms. The highest BCUT2D eigenvalue weighted by molar-refractivity contribution is 6.09. The van der Waals surface area contributed by atoms with Gasteiger partial charge in [-0.1, -0.05) is 0 Å². The zero-order valence-electron chi connectivity index (χ0n) is 13.1. The van der Waals surface area contributed by atoms with Crippen LogP contribution in [0.4, 0.5) is 23.2 Å². The molecule has 8 nitrogen and oxygen atoms in total. The van der Waals surface area contributed by atoms with E-state index in [0.717, 1.165) is 36.4 Å². The fraction of sp³-hybridized carbons (Fsp3) is 0.0667. The van der Waals surface area contributed by atoms with Crippen LogP contribution in [0.1, 0.15) is 20.7 Å². The SMILES string of the molecule is NN(C(=O)c1ccc(OC(F)(F)F)cc1)C(=O)c1ccc([N+](=O)[O-])c(F)c1. The maximum Gasteiger partial charge on any atom is 0.573 e. The highest BCUT2D eigenvalue weighted by Gasteiger charge is 2.31. The fourth-order valence-electron chi connectivity index (χ4n) is 1.96. The van der Waals surface area contributed by atoms with Gasteiger partial charge in [-0.2, -0.15) is 4.39 Å². The van der Waals surface area contributed by atoms with Crippen LogP contribution in [0.25, 0.3) is 0 Å². The van der Waals surface area contributed by atoms with E-state index in [9.17, 15) is 37.3 Å². The number of alkyl halides is 3. The third-order valence-electron chi connectivity index (χ3n) is 3.16. The number of amides is 2. The predicted octanol–water partition coefficient (Wildman–Crippen LogP) is 2.79. The summed E-state index contributed by atoms with van der Waals surface area (Å²) in [5, 5.41) is 10.7. The lowest BCUT2D eigenvalue weighted by molar-refractivity contribution is -0.387. The quantitative estimate of drug-likeness (QED) is 0.215. The molecule has 2 aromatic carbocycles. The molecule has 0 unspecified atom stereocenters. The van der Waals surface area contributed by atoms with Gasteiger partial charge in [0.15, 0.2) is 0 Å². The molecule has 2 aromatic rings. The highest BCUT2D eigenvalue weighted by Crippen LogP contribution is 2.23. The van der Waals surface area contributed by atoms with Crippen molar-refractivity contribution in [1.29, 1.82) is 0 Å². The normalized spacial score (nSPS) is 11.0. The lowest BCUT2D eigenvalue weighted by atomic mass is 10.1. The van der Waals surface area contributed by atoms with E-state index in [1.807, 2.05) is 0 Å². The Morgan fingerprint density at radius 3 is 2.04 bits per heavy atom. The zero-order chi connectivity index (χ0) is 20.4. The summed E-state index contributed by atoms with van der Waals surface area (Å²) in [6.45, 7) is 0. The van der Waals surface area contributed by atoms with E-state index in [4.69, 9.17) is 5.84 Å². The minimum Gasteiger partial charge on any atom is -0.406 e. The average molecular weight is 387 g/mol. The second-order valence-corrected chi connectivity index (χ2v) is 4.98. The van der Waals surface area contributed by atoms with Crippen LogP contribution in [0.2, 0.25) is 0 Å². The van der Waals surface area contributed by atoms with E-state index in [2.05, 4.69) is 4.74 Å². The Labute approximate surface area is 147 Å². The first-order valence-electron chi connectivity index (χ1n) is 6.93. The van der Waals surface area contributed by atoms with Crippen molar-refractivity contribution in [2.75, 3.05) is 0 Å².